The zero-order chi connectivity index (χ0) is 13.5. The monoisotopic (exact) mass is 291 g/mol. The molecular weight excluding hydrogens is 258 g/mol. The summed E-state index contributed by atoms with van der Waals surface area (Å²) in [7, 11) is 0. The molecule has 0 aromatic heterocycles. The predicted molar refractivity (Wildman–Crippen MR) is 87.0 cm³/mol. The summed E-state index contributed by atoms with van der Waals surface area (Å²) in [5.74, 6) is 0.341. The van der Waals surface area contributed by atoms with Crippen molar-refractivity contribution in [2.45, 2.75) is 90.4 Å². The predicted octanol–water partition coefficient (Wildman–Crippen LogP) is 5.03. The Labute approximate surface area is 126 Å². The van der Waals surface area contributed by atoms with Gasteiger partial charge in [-0.2, -0.15) is 0 Å². The first kappa shape index (κ1) is 21.2. The molecule has 19 heavy (non-hydrogen) atoms. The van der Waals surface area contributed by atoms with E-state index in [2.05, 4.69) is 6.92 Å². The lowest BCUT2D eigenvalue weighted by molar-refractivity contribution is -0.119. The molecule has 0 saturated carbocycles. The minimum absolute atomic E-state index is 0. The molecule has 0 saturated heterocycles. The van der Waals surface area contributed by atoms with Crippen molar-refractivity contribution < 1.29 is 4.79 Å². The molecule has 2 nitrogen and oxygen atoms in total. The summed E-state index contributed by atoms with van der Waals surface area (Å²) in [6.07, 6.45) is 16.0. The van der Waals surface area contributed by atoms with Crippen LogP contribution in [0.4, 0.5) is 0 Å². The third-order valence-electron chi connectivity index (χ3n) is 3.48. The Morgan fingerprint density at radius 1 is 0.737 bits per heavy atom. The summed E-state index contributed by atoms with van der Waals surface area (Å²) in [5, 5.41) is 0. The van der Waals surface area contributed by atoms with Gasteiger partial charge in [-0.1, -0.05) is 71.1 Å². The average molecular weight is 292 g/mol. The van der Waals surface area contributed by atoms with E-state index in [1.807, 2.05) is 0 Å². The first-order valence-electron chi connectivity index (χ1n) is 8.03. The van der Waals surface area contributed by atoms with E-state index in [0.717, 1.165) is 12.8 Å². The number of carbonyl (C=O) groups is 1. The van der Waals surface area contributed by atoms with Crippen molar-refractivity contribution in [1.82, 2.24) is 0 Å². The molecule has 0 rings (SSSR count). The minimum Gasteiger partial charge on any atom is -0.330 e. The molecule has 0 aliphatic carbocycles. The number of rotatable bonds is 14. The van der Waals surface area contributed by atoms with Gasteiger partial charge in [-0.05, 0) is 13.0 Å². The molecule has 0 bridgehead atoms. The highest BCUT2D eigenvalue weighted by Crippen LogP contribution is 2.12. The van der Waals surface area contributed by atoms with Crippen molar-refractivity contribution in [1.29, 1.82) is 0 Å². The van der Waals surface area contributed by atoms with Gasteiger partial charge in [0, 0.05) is 12.8 Å². The molecule has 116 valence electrons. The zero-order valence-electron chi connectivity index (χ0n) is 12.8. The molecule has 0 aliphatic heterocycles. The Hall–Kier alpha value is -0.0800. The Kier molecular flexibility index (Phi) is 20.0. The van der Waals surface area contributed by atoms with Crippen LogP contribution < -0.4 is 5.73 Å². The van der Waals surface area contributed by atoms with Gasteiger partial charge in [0.15, 0.2) is 0 Å². The van der Waals surface area contributed by atoms with Crippen LogP contribution in [0, 0.1) is 0 Å². The highest BCUT2D eigenvalue weighted by atomic mass is 35.5. The second-order valence-corrected chi connectivity index (χ2v) is 5.36. The first-order valence-corrected chi connectivity index (χ1v) is 8.03. The number of nitrogens with two attached hydrogens (primary N) is 1. The SMILES string of the molecule is CCCCCCCCCCCCCC(=O)CCN.Cl. The summed E-state index contributed by atoms with van der Waals surface area (Å²) in [4.78, 5) is 11.2. The van der Waals surface area contributed by atoms with Gasteiger partial charge in [-0.25, -0.2) is 0 Å². The third-order valence-corrected chi connectivity index (χ3v) is 3.48. The van der Waals surface area contributed by atoms with Crippen molar-refractivity contribution in [2.75, 3.05) is 6.54 Å². The normalized spacial score (nSPS) is 10.2. The summed E-state index contributed by atoms with van der Waals surface area (Å²) in [6, 6.07) is 0. The summed E-state index contributed by atoms with van der Waals surface area (Å²) in [6.45, 7) is 2.77. The van der Waals surface area contributed by atoms with E-state index in [1.165, 1.54) is 64.2 Å². The fourth-order valence-corrected chi connectivity index (χ4v) is 2.27. The van der Waals surface area contributed by atoms with Crippen LogP contribution in [0.1, 0.15) is 90.4 Å². The van der Waals surface area contributed by atoms with Crippen LogP contribution in [-0.2, 0) is 4.79 Å². The van der Waals surface area contributed by atoms with Crippen LogP contribution in [0.2, 0.25) is 0 Å². The molecule has 0 aromatic rings. The van der Waals surface area contributed by atoms with Gasteiger partial charge in [0.1, 0.15) is 5.78 Å². The standard InChI is InChI=1S/C16H33NO.ClH/c1-2-3-4-5-6-7-8-9-10-11-12-13-16(18)14-15-17;/h2-15,17H2,1H3;1H. The molecule has 0 fully saturated rings. The number of hydrogen-bond acceptors (Lipinski definition) is 2. The lowest BCUT2D eigenvalue weighted by Crippen LogP contribution is -2.07. The van der Waals surface area contributed by atoms with E-state index >= 15 is 0 Å². The minimum atomic E-state index is 0. The Morgan fingerprint density at radius 2 is 1.16 bits per heavy atom. The number of halogens is 1. The maximum atomic E-state index is 11.2. The van der Waals surface area contributed by atoms with E-state index in [1.54, 1.807) is 0 Å². The van der Waals surface area contributed by atoms with Crippen molar-refractivity contribution in [3.05, 3.63) is 0 Å². The quantitative estimate of drug-likeness (QED) is 0.456. The largest absolute Gasteiger partial charge is 0.330 e. The smallest absolute Gasteiger partial charge is 0.134 e. The topological polar surface area (TPSA) is 43.1 Å². The van der Waals surface area contributed by atoms with Crippen LogP contribution >= 0.6 is 12.4 Å². The van der Waals surface area contributed by atoms with Gasteiger partial charge in [0.05, 0.1) is 0 Å². The molecule has 0 radical (unpaired) electrons. The summed E-state index contributed by atoms with van der Waals surface area (Å²) < 4.78 is 0. The van der Waals surface area contributed by atoms with E-state index < -0.39 is 0 Å². The Bertz CT molecular complexity index is 186. The molecule has 0 heterocycles. The van der Waals surface area contributed by atoms with Gasteiger partial charge < -0.3 is 5.73 Å². The summed E-state index contributed by atoms with van der Waals surface area (Å²) in [5.41, 5.74) is 5.34. The molecule has 0 unspecified atom stereocenters. The number of Topliss-reactive ketones (excluding diaryl/α,β-unsaturated/α-hetero) is 1. The van der Waals surface area contributed by atoms with Gasteiger partial charge in [-0.3, -0.25) is 4.79 Å². The zero-order valence-corrected chi connectivity index (χ0v) is 13.6. The van der Waals surface area contributed by atoms with Crippen molar-refractivity contribution in [2.24, 2.45) is 5.73 Å². The second-order valence-electron chi connectivity index (χ2n) is 5.36. The van der Waals surface area contributed by atoms with Crippen LogP contribution in [0.3, 0.4) is 0 Å². The number of ketones is 1. The Morgan fingerprint density at radius 3 is 1.58 bits per heavy atom. The lowest BCUT2D eigenvalue weighted by Gasteiger charge is -2.02. The fourth-order valence-electron chi connectivity index (χ4n) is 2.27. The maximum absolute atomic E-state index is 11.2. The van der Waals surface area contributed by atoms with Gasteiger partial charge in [0.2, 0.25) is 0 Å². The molecule has 0 amide bonds. The first-order chi connectivity index (χ1) is 8.81. The van der Waals surface area contributed by atoms with Gasteiger partial charge in [-0.15, -0.1) is 12.4 Å². The highest BCUT2D eigenvalue weighted by molar-refractivity contribution is 5.85. The molecule has 0 aliphatic rings. The van der Waals surface area contributed by atoms with E-state index in [9.17, 15) is 4.79 Å². The van der Waals surface area contributed by atoms with Crippen LogP contribution in [0.25, 0.3) is 0 Å². The molecule has 0 atom stereocenters. The fraction of sp³-hybridized carbons (Fsp3) is 0.938. The Balaban J connectivity index is 0. The van der Waals surface area contributed by atoms with Gasteiger partial charge >= 0.3 is 0 Å². The number of hydrogen-bond donors (Lipinski definition) is 1. The van der Waals surface area contributed by atoms with E-state index in [0.29, 0.717) is 18.7 Å². The third kappa shape index (κ3) is 17.9. The van der Waals surface area contributed by atoms with Crippen molar-refractivity contribution in [3.8, 4) is 0 Å². The van der Waals surface area contributed by atoms with E-state index in [-0.39, 0.29) is 12.4 Å². The lowest BCUT2D eigenvalue weighted by atomic mass is 10.0. The molecule has 0 aromatic carbocycles. The molecular formula is C16H34ClNO. The van der Waals surface area contributed by atoms with Crippen LogP contribution in [-0.4, -0.2) is 12.3 Å². The van der Waals surface area contributed by atoms with Gasteiger partial charge in [0.25, 0.3) is 0 Å². The molecule has 0 spiro atoms. The molecule has 3 heteroatoms. The van der Waals surface area contributed by atoms with Crippen molar-refractivity contribution >= 4 is 18.2 Å². The number of carbonyl (C=O) groups excluding carboxylic acids is 1. The average Bonchev–Trinajstić information content (AvgIpc) is 2.36. The molecule has 2 N–H and O–H groups in total. The maximum Gasteiger partial charge on any atom is 0.134 e. The summed E-state index contributed by atoms with van der Waals surface area (Å²) >= 11 is 0. The second kappa shape index (κ2) is 17.9. The van der Waals surface area contributed by atoms with E-state index in [4.69, 9.17) is 5.73 Å². The van der Waals surface area contributed by atoms with Crippen LogP contribution in [0.15, 0.2) is 0 Å². The number of unbranched alkanes of at least 4 members (excludes halogenated alkanes) is 10. The highest BCUT2D eigenvalue weighted by Gasteiger charge is 1.99. The van der Waals surface area contributed by atoms with Crippen molar-refractivity contribution in [3.63, 3.8) is 0 Å². The van der Waals surface area contributed by atoms with Crippen LogP contribution in [0.5, 0.6) is 0 Å².